The molecule has 196 valence electrons. The van der Waals surface area contributed by atoms with E-state index in [1.807, 2.05) is 45.0 Å². The molecule has 4 rings (SSSR count). The van der Waals surface area contributed by atoms with Crippen molar-refractivity contribution < 1.29 is 22.7 Å². The molecule has 36 heavy (non-hydrogen) atoms. The Morgan fingerprint density at radius 2 is 1.86 bits per heavy atom. The predicted molar refractivity (Wildman–Crippen MR) is 137 cm³/mol. The van der Waals surface area contributed by atoms with Gasteiger partial charge >= 0.3 is 12.3 Å². The van der Waals surface area contributed by atoms with Crippen LogP contribution >= 0.6 is 11.8 Å². The number of para-hydroxylation sites is 1. The van der Waals surface area contributed by atoms with E-state index in [4.69, 9.17) is 4.74 Å². The number of carbonyl (C=O) groups is 1. The quantitative estimate of drug-likeness (QED) is 0.430. The van der Waals surface area contributed by atoms with Crippen LogP contribution in [0.4, 0.5) is 29.3 Å². The summed E-state index contributed by atoms with van der Waals surface area (Å²) in [5.41, 5.74) is 0.441. The molecule has 2 aliphatic heterocycles. The van der Waals surface area contributed by atoms with Crippen molar-refractivity contribution in [3.63, 3.8) is 0 Å². The molecule has 2 aromatic carbocycles. The first kappa shape index (κ1) is 26.7. The van der Waals surface area contributed by atoms with Gasteiger partial charge in [-0.15, -0.1) is 0 Å². The zero-order valence-corrected chi connectivity index (χ0v) is 21.8. The zero-order chi connectivity index (χ0) is 25.9. The number of alkyl halides is 3. The number of alkyl carbamates (subject to hydrolysis) is 1. The van der Waals surface area contributed by atoms with E-state index >= 15 is 0 Å². The number of rotatable bonds is 6. The Morgan fingerprint density at radius 1 is 1.11 bits per heavy atom. The minimum absolute atomic E-state index is 0.284. The summed E-state index contributed by atoms with van der Waals surface area (Å²) in [6, 6.07) is 12.2. The fourth-order valence-corrected chi connectivity index (χ4v) is 5.87. The molecule has 5 nitrogen and oxygen atoms in total. The molecule has 1 saturated heterocycles. The lowest BCUT2D eigenvalue weighted by molar-refractivity contribution is -0.137. The van der Waals surface area contributed by atoms with Crippen molar-refractivity contribution in [3.05, 3.63) is 48.0 Å². The van der Waals surface area contributed by atoms with Crippen molar-refractivity contribution in [1.82, 2.24) is 10.6 Å². The SMILES string of the molecule is CC(C)(C)OC(=O)NCCC1CC(CCN2c3ccccc3Sc3ccc(C(F)(F)F)cc32)CCN1. The van der Waals surface area contributed by atoms with Gasteiger partial charge in [-0.2, -0.15) is 13.2 Å². The number of carbonyl (C=O) groups excluding carboxylic acids is 1. The van der Waals surface area contributed by atoms with Gasteiger partial charge in [-0.3, -0.25) is 0 Å². The van der Waals surface area contributed by atoms with Gasteiger partial charge in [-0.25, -0.2) is 4.79 Å². The lowest BCUT2D eigenvalue weighted by Gasteiger charge is -2.36. The number of anilines is 2. The Bertz CT molecular complexity index is 1070. The second-order valence-corrected chi connectivity index (χ2v) is 11.5. The average molecular weight is 522 g/mol. The average Bonchev–Trinajstić information content (AvgIpc) is 2.80. The fourth-order valence-electron chi connectivity index (χ4n) is 4.80. The highest BCUT2D eigenvalue weighted by atomic mass is 32.2. The molecule has 1 amide bonds. The number of hydrogen-bond acceptors (Lipinski definition) is 5. The minimum Gasteiger partial charge on any atom is -0.444 e. The molecular formula is C27H34F3N3O2S. The molecule has 2 aromatic rings. The van der Waals surface area contributed by atoms with Gasteiger partial charge in [0.1, 0.15) is 5.60 Å². The second-order valence-electron chi connectivity index (χ2n) is 10.4. The van der Waals surface area contributed by atoms with Crippen molar-refractivity contribution in [2.75, 3.05) is 24.5 Å². The Hall–Kier alpha value is -2.39. The smallest absolute Gasteiger partial charge is 0.416 e. The highest BCUT2D eigenvalue weighted by Gasteiger charge is 2.33. The Balaban J connectivity index is 1.39. The van der Waals surface area contributed by atoms with Crippen LogP contribution in [0.2, 0.25) is 0 Å². The van der Waals surface area contributed by atoms with Crippen molar-refractivity contribution in [2.24, 2.45) is 5.92 Å². The van der Waals surface area contributed by atoms with Gasteiger partial charge < -0.3 is 20.3 Å². The third-order valence-corrected chi connectivity index (χ3v) is 7.61. The first-order valence-corrected chi connectivity index (χ1v) is 13.3. The van der Waals surface area contributed by atoms with Crippen LogP contribution in [-0.4, -0.2) is 37.4 Å². The normalized spacial score (nSPS) is 19.9. The summed E-state index contributed by atoms with van der Waals surface area (Å²) in [6.45, 7) is 7.58. The summed E-state index contributed by atoms with van der Waals surface area (Å²) in [5.74, 6) is 0.453. The lowest BCUT2D eigenvalue weighted by atomic mass is 9.88. The highest BCUT2D eigenvalue weighted by molar-refractivity contribution is 7.99. The van der Waals surface area contributed by atoms with Crippen molar-refractivity contribution >= 4 is 29.2 Å². The van der Waals surface area contributed by atoms with Gasteiger partial charge in [0.25, 0.3) is 0 Å². The van der Waals surface area contributed by atoms with E-state index in [2.05, 4.69) is 15.5 Å². The minimum atomic E-state index is -4.38. The van der Waals surface area contributed by atoms with Gasteiger partial charge in [0.05, 0.1) is 16.9 Å². The van der Waals surface area contributed by atoms with Crippen LogP contribution in [0.1, 0.15) is 52.0 Å². The summed E-state index contributed by atoms with van der Waals surface area (Å²) in [4.78, 5) is 15.9. The van der Waals surface area contributed by atoms with Crippen LogP contribution in [0.5, 0.6) is 0 Å². The number of amides is 1. The van der Waals surface area contributed by atoms with Crippen molar-refractivity contribution in [2.45, 2.75) is 74.1 Å². The van der Waals surface area contributed by atoms with Crippen molar-refractivity contribution in [1.29, 1.82) is 0 Å². The molecule has 2 unspecified atom stereocenters. The second kappa shape index (κ2) is 10.9. The largest absolute Gasteiger partial charge is 0.444 e. The van der Waals surface area contributed by atoms with Crippen LogP contribution in [0, 0.1) is 5.92 Å². The van der Waals surface area contributed by atoms with Crippen LogP contribution in [0.3, 0.4) is 0 Å². The standard InChI is InChI=1S/C27H34F3N3O2S/c1-26(2,3)35-25(34)32-14-11-20-16-18(10-13-31-20)12-15-33-21-6-4-5-7-23(21)36-24-9-8-19(17-22(24)33)27(28,29)30/h4-9,17-18,20,31H,10-16H2,1-3H3,(H,32,34). The van der Waals surface area contributed by atoms with E-state index < -0.39 is 23.4 Å². The lowest BCUT2D eigenvalue weighted by Crippen LogP contribution is -2.41. The van der Waals surface area contributed by atoms with Crippen LogP contribution < -0.4 is 15.5 Å². The maximum Gasteiger partial charge on any atom is 0.416 e. The molecule has 0 aromatic heterocycles. The van der Waals surface area contributed by atoms with Gasteiger partial charge in [-0.05, 0) is 89.2 Å². The molecule has 0 saturated carbocycles. The van der Waals surface area contributed by atoms with Gasteiger partial charge in [-0.1, -0.05) is 23.9 Å². The molecule has 0 aliphatic carbocycles. The number of piperidine rings is 1. The molecule has 2 heterocycles. The van der Waals surface area contributed by atoms with E-state index in [1.54, 1.807) is 6.07 Å². The van der Waals surface area contributed by atoms with Crippen LogP contribution in [-0.2, 0) is 10.9 Å². The number of fused-ring (bicyclic) bond motifs is 2. The summed E-state index contributed by atoms with van der Waals surface area (Å²) < 4.78 is 45.7. The molecular weight excluding hydrogens is 487 g/mol. The number of benzene rings is 2. The number of nitrogens with zero attached hydrogens (tertiary/aromatic N) is 1. The summed E-state index contributed by atoms with van der Waals surface area (Å²) in [7, 11) is 0. The highest BCUT2D eigenvalue weighted by Crippen LogP contribution is 2.49. The summed E-state index contributed by atoms with van der Waals surface area (Å²) in [5, 5.41) is 6.35. The molecule has 1 fully saturated rings. The monoisotopic (exact) mass is 521 g/mol. The first-order valence-electron chi connectivity index (χ1n) is 12.5. The number of hydrogen-bond donors (Lipinski definition) is 2. The molecule has 2 aliphatic rings. The molecule has 2 N–H and O–H groups in total. The van der Waals surface area contributed by atoms with E-state index in [-0.39, 0.29) is 6.04 Å². The fraction of sp³-hybridized carbons (Fsp3) is 0.519. The summed E-state index contributed by atoms with van der Waals surface area (Å²) >= 11 is 1.52. The topological polar surface area (TPSA) is 53.6 Å². The summed E-state index contributed by atoms with van der Waals surface area (Å²) in [6.07, 6.45) is -1.11. The number of ether oxygens (including phenoxy) is 1. The van der Waals surface area contributed by atoms with E-state index in [9.17, 15) is 18.0 Å². The first-order chi connectivity index (χ1) is 17.0. The molecule has 9 heteroatoms. The molecule has 2 atom stereocenters. The van der Waals surface area contributed by atoms with E-state index in [0.717, 1.165) is 47.7 Å². The van der Waals surface area contributed by atoms with Gasteiger partial charge in [0, 0.05) is 28.9 Å². The zero-order valence-electron chi connectivity index (χ0n) is 21.0. The third kappa shape index (κ3) is 6.88. The van der Waals surface area contributed by atoms with Crippen LogP contribution in [0.25, 0.3) is 0 Å². The van der Waals surface area contributed by atoms with E-state index in [1.165, 1.54) is 23.9 Å². The number of nitrogens with one attached hydrogen (secondary N) is 2. The molecule has 0 bridgehead atoms. The molecule has 0 radical (unpaired) electrons. The Kier molecular flexibility index (Phi) is 8.09. The third-order valence-electron chi connectivity index (χ3n) is 6.48. The van der Waals surface area contributed by atoms with Gasteiger partial charge in [0.2, 0.25) is 0 Å². The van der Waals surface area contributed by atoms with Crippen LogP contribution in [0.15, 0.2) is 52.3 Å². The Morgan fingerprint density at radius 3 is 2.61 bits per heavy atom. The predicted octanol–water partition coefficient (Wildman–Crippen LogP) is 6.98. The maximum absolute atomic E-state index is 13.5. The number of halogens is 3. The maximum atomic E-state index is 13.5. The van der Waals surface area contributed by atoms with Gasteiger partial charge in [0.15, 0.2) is 0 Å². The Labute approximate surface area is 215 Å². The molecule has 0 spiro atoms. The van der Waals surface area contributed by atoms with E-state index in [0.29, 0.717) is 24.7 Å². The van der Waals surface area contributed by atoms with Crippen molar-refractivity contribution in [3.8, 4) is 0 Å².